The average molecular weight is 546 g/mol. The van der Waals surface area contributed by atoms with E-state index in [-0.39, 0.29) is 16.5 Å². The van der Waals surface area contributed by atoms with Gasteiger partial charge in [0.25, 0.3) is 0 Å². The summed E-state index contributed by atoms with van der Waals surface area (Å²) in [6.45, 7) is 3.44. The number of benzene rings is 2. The van der Waals surface area contributed by atoms with Crippen LogP contribution < -0.4 is 4.90 Å². The fourth-order valence-corrected chi connectivity index (χ4v) is 6.00. The summed E-state index contributed by atoms with van der Waals surface area (Å²) in [5.41, 5.74) is 0.983. The third-order valence-corrected chi connectivity index (χ3v) is 8.24. The monoisotopic (exact) mass is 545 g/mol. The lowest BCUT2D eigenvalue weighted by molar-refractivity contribution is -0.137. The molecular weight excluding hydrogens is 523 g/mol. The quantitative estimate of drug-likeness (QED) is 0.289. The molecule has 0 unspecified atom stereocenters. The number of hydrogen-bond donors (Lipinski definition) is 2. The maximum Gasteiger partial charge on any atom is 0.417 e. The molecule has 4 aromatic rings. The predicted octanol–water partition coefficient (Wildman–Crippen LogP) is 6.27. The average Bonchev–Trinajstić information content (AvgIpc) is 3.50. The molecule has 6 rings (SSSR count). The van der Waals surface area contributed by atoms with Gasteiger partial charge in [0.15, 0.2) is 5.13 Å². The number of hydrogen-bond acceptors (Lipinski definition) is 6. The zero-order valence-electron chi connectivity index (χ0n) is 19.6. The number of fused-ring (bicyclic) bond motifs is 1. The largest absolute Gasteiger partial charge is 0.492 e. The summed E-state index contributed by atoms with van der Waals surface area (Å²) < 4.78 is 41.7. The van der Waals surface area contributed by atoms with Crippen LogP contribution in [0.4, 0.5) is 18.3 Å². The molecule has 0 amide bonds. The zero-order valence-corrected chi connectivity index (χ0v) is 21.2. The zero-order chi connectivity index (χ0) is 25.7. The van der Waals surface area contributed by atoms with Crippen LogP contribution in [0.25, 0.3) is 22.6 Å². The highest BCUT2D eigenvalue weighted by Crippen LogP contribution is 2.42. The van der Waals surface area contributed by atoms with Crippen molar-refractivity contribution in [2.45, 2.75) is 25.1 Å². The Morgan fingerprint density at radius 1 is 1.11 bits per heavy atom. The van der Waals surface area contributed by atoms with Crippen LogP contribution in [-0.4, -0.2) is 57.4 Å². The Morgan fingerprint density at radius 3 is 2.62 bits per heavy atom. The van der Waals surface area contributed by atoms with Gasteiger partial charge in [0.2, 0.25) is 5.88 Å². The molecule has 0 radical (unpaired) electrons. The number of anilines is 1. The number of aromatic amines is 1. The lowest BCUT2D eigenvalue weighted by Crippen LogP contribution is -2.47. The molecule has 1 aliphatic carbocycles. The number of H-pyrrole nitrogens is 1. The van der Waals surface area contributed by atoms with Gasteiger partial charge in [-0.15, -0.1) is 0 Å². The normalized spacial score (nSPS) is 17.6. The van der Waals surface area contributed by atoms with E-state index in [9.17, 15) is 18.3 Å². The molecule has 1 aliphatic heterocycles. The second-order valence-electron chi connectivity index (χ2n) is 9.36. The van der Waals surface area contributed by atoms with Crippen LogP contribution in [0.5, 0.6) is 5.88 Å². The molecule has 1 saturated heterocycles. The Hall–Kier alpha value is -3.08. The highest BCUT2D eigenvalue weighted by molar-refractivity contribution is 7.17. The number of alkyl halides is 3. The van der Waals surface area contributed by atoms with Crippen LogP contribution in [0.1, 0.15) is 34.4 Å². The van der Waals surface area contributed by atoms with Crippen molar-refractivity contribution in [1.82, 2.24) is 20.1 Å². The Kier molecular flexibility index (Phi) is 6.13. The number of nitrogens with zero attached hydrogens (tertiary/aromatic N) is 4. The molecule has 0 atom stereocenters. The molecule has 2 aromatic heterocycles. The predicted molar refractivity (Wildman–Crippen MR) is 140 cm³/mol. The minimum Gasteiger partial charge on any atom is -0.492 e. The van der Waals surface area contributed by atoms with E-state index < -0.39 is 11.7 Å². The first-order valence-corrected chi connectivity index (χ1v) is 13.2. The van der Waals surface area contributed by atoms with E-state index in [1.54, 1.807) is 12.3 Å². The highest BCUT2D eigenvalue weighted by atomic mass is 35.5. The molecule has 37 heavy (non-hydrogen) atoms. The van der Waals surface area contributed by atoms with E-state index in [2.05, 4.69) is 25.0 Å². The summed E-state index contributed by atoms with van der Waals surface area (Å²) in [4.78, 5) is 9.45. The van der Waals surface area contributed by atoms with Crippen molar-refractivity contribution in [3.05, 3.63) is 69.2 Å². The van der Waals surface area contributed by atoms with Gasteiger partial charge in [-0.05, 0) is 54.3 Å². The summed E-state index contributed by atoms with van der Waals surface area (Å²) in [5, 5.41) is 19.3. The van der Waals surface area contributed by atoms with Gasteiger partial charge in [-0.1, -0.05) is 35.1 Å². The Morgan fingerprint density at radius 2 is 1.89 bits per heavy atom. The maximum absolute atomic E-state index is 13.9. The van der Waals surface area contributed by atoms with Crippen molar-refractivity contribution < 1.29 is 18.3 Å². The van der Waals surface area contributed by atoms with Crippen molar-refractivity contribution in [1.29, 1.82) is 0 Å². The van der Waals surface area contributed by atoms with Gasteiger partial charge < -0.3 is 10.0 Å². The topological polar surface area (TPSA) is 68.3 Å². The smallest absolute Gasteiger partial charge is 0.417 e. The molecule has 3 heterocycles. The number of halogens is 4. The van der Waals surface area contributed by atoms with Crippen molar-refractivity contribution in [2.75, 3.05) is 31.1 Å². The van der Waals surface area contributed by atoms with Gasteiger partial charge in [-0.2, -0.15) is 23.3 Å². The molecule has 0 bridgehead atoms. The summed E-state index contributed by atoms with van der Waals surface area (Å²) >= 11 is 7.19. The number of nitrogens with one attached hydrogen (secondary N) is 1. The summed E-state index contributed by atoms with van der Waals surface area (Å²) in [6, 6.07) is 9.82. The number of piperazine rings is 1. The van der Waals surface area contributed by atoms with E-state index in [1.165, 1.54) is 42.4 Å². The SMILES string of the molecule is Oc1nc(N2CCN(C3CC3)CC2)sc1C(=Cc1ccc(Cl)cc1C(F)(F)F)c1ccc2[nH]ncc2c1. The summed E-state index contributed by atoms with van der Waals surface area (Å²) in [7, 11) is 0. The van der Waals surface area contributed by atoms with E-state index in [4.69, 9.17) is 11.6 Å². The van der Waals surface area contributed by atoms with Crippen molar-refractivity contribution in [3.8, 4) is 5.88 Å². The molecule has 0 spiro atoms. The highest BCUT2D eigenvalue weighted by Gasteiger charge is 2.34. The minimum atomic E-state index is -4.60. The standard InChI is InChI=1S/C26H23ClF3N5OS/c27-18-3-1-16(21(13-18)26(28,29)30)12-20(15-2-6-22-17(11-15)14-31-33-22)23-24(36)32-25(37-23)35-9-7-34(8-10-35)19-4-5-19/h1-3,6,11-14,19,36H,4-5,7-10H2,(H,31,33). The fraction of sp³-hybridized carbons (Fsp3) is 0.308. The maximum atomic E-state index is 13.9. The molecule has 2 aliphatic rings. The van der Waals surface area contributed by atoms with Crippen LogP contribution in [0.3, 0.4) is 0 Å². The fourth-order valence-electron chi connectivity index (χ4n) is 4.78. The molecule has 11 heteroatoms. The Labute approximate surface area is 220 Å². The van der Waals surface area contributed by atoms with Gasteiger partial charge in [0.05, 0.1) is 17.3 Å². The van der Waals surface area contributed by atoms with Crippen molar-refractivity contribution in [2.24, 2.45) is 0 Å². The summed E-state index contributed by atoms with van der Waals surface area (Å²) in [5.74, 6) is -0.203. The molecule has 2 fully saturated rings. The summed E-state index contributed by atoms with van der Waals surface area (Å²) in [6.07, 6.45) is 1.00. The third kappa shape index (κ3) is 4.93. The van der Waals surface area contributed by atoms with Crippen LogP contribution >= 0.6 is 22.9 Å². The van der Waals surface area contributed by atoms with Gasteiger partial charge in [-0.25, -0.2) is 0 Å². The first-order chi connectivity index (χ1) is 17.8. The van der Waals surface area contributed by atoms with Crippen molar-refractivity contribution in [3.63, 3.8) is 0 Å². The van der Waals surface area contributed by atoms with Crippen LogP contribution in [-0.2, 0) is 6.18 Å². The molecular formula is C26H23ClF3N5OS. The molecule has 6 nitrogen and oxygen atoms in total. The van der Waals surface area contributed by atoms with Crippen LogP contribution in [0, 0.1) is 0 Å². The van der Waals surface area contributed by atoms with Gasteiger partial charge in [-0.3, -0.25) is 10.00 Å². The number of thiazole rings is 1. The lowest BCUT2D eigenvalue weighted by Gasteiger charge is -2.34. The Balaban J connectivity index is 1.43. The van der Waals surface area contributed by atoms with E-state index in [0.29, 0.717) is 27.2 Å². The van der Waals surface area contributed by atoms with E-state index in [1.807, 2.05) is 12.1 Å². The molecule has 2 aromatic carbocycles. The first-order valence-electron chi connectivity index (χ1n) is 12.0. The van der Waals surface area contributed by atoms with Gasteiger partial charge in [0, 0.05) is 48.2 Å². The number of aromatic hydroxyl groups is 1. The second kappa shape index (κ2) is 9.34. The minimum absolute atomic E-state index is 0.000828. The molecule has 2 N–H and O–H groups in total. The third-order valence-electron chi connectivity index (χ3n) is 6.86. The molecule has 1 saturated carbocycles. The van der Waals surface area contributed by atoms with E-state index >= 15 is 0 Å². The van der Waals surface area contributed by atoms with Crippen LogP contribution in [0.2, 0.25) is 5.02 Å². The second-order valence-corrected chi connectivity index (χ2v) is 10.8. The number of aromatic nitrogens is 3. The Bertz CT molecular complexity index is 1490. The van der Waals surface area contributed by atoms with E-state index in [0.717, 1.165) is 43.1 Å². The lowest BCUT2D eigenvalue weighted by atomic mass is 9.98. The van der Waals surface area contributed by atoms with Gasteiger partial charge in [0.1, 0.15) is 4.88 Å². The molecule has 192 valence electrons. The van der Waals surface area contributed by atoms with Crippen molar-refractivity contribution >= 4 is 50.6 Å². The first kappa shape index (κ1) is 24.3. The number of rotatable bonds is 5. The van der Waals surface area contributed by atoms with Crippen LogP contribution in [0.15, 0.2) is 42.6 Å². The van der Waals surface area contributed by atoms with Gasteiger partial charge >= 0.3 is 6.18 Å².